The molecule has 0 fully saturated rings. The van der Waals surface area contributed by atoms with Crippen LogP contribution in [0.1, 0.15) is 0 Å². The largest absolute Gasteiger partial charge is 0.256 e. The quantitative estimate of drug-likeness (QED) is 0.229. The van der Waals surface area contributed by atoms with E-state index in [1.165, 1.54) is 38.2 Å². The maximum atomic E-state index is 7.35. The second-order valence-corrected chi connectivity index (χ2v) is 9.53. The highest BCUT2D eigenvalue weighted by molar-refractivity contribution is 6.05. The number of rotatable bonds is 3. The topological polar surface area (TPSA) is 17.2 Å². The lowest BCUT2D eigenvalue weighted by Crippen LogP contribution is -1.89. The summed E-state index contributed by atoms with van der Waals surface area (Å²) < 4.78 is 0. The average molecular weight is 483 g/mol. The molecule has 0 bridgehead atoms. The predicted molar refractivity (Wildman–Crippen MR) is 159 cm³/mol. The number of aromatic nitrogens is 1. The summed E-state index contributed by atoms with van der Waals surface area (Å²) in [6, 6.07) is 44.7. The molecule has 0 spiro atoms. The highest BCUT2D eigenvalue weighted by Crippen LogP contribution is 2.40. The fourth-order valence-electron chi connectivity index (χ4n) is 5.44. The van der Waals surface area contributed by atoms with Crippen molar-refractivity contribution in [1.82, 2.24) is 4.98 Å². The van der Waals surface area contributed by atoms with Gasteiger partial charge in [-0.05, 0) is 67.6 Å². The van der Waals surface area contributed by atoms with Crippen molar-refractivity contribution < 1.29 is 0 Å². The summed E-state index contributed by atoms with van der Waals surface area (Å²) >= 11 is 0. The summed E-state index contributed by atoms with van der Waals surface area (Å²) in [5, 5.41) is 5.94. The van der Waals surface area contributed by atoms with Crippen molar-refractivity contribution in [3.63, 3.8) is 0 Å². The molecule has 0 saturated carbocycles. The Labute approximate surface area is 221 Å². The van der Waals surface area contributed by atoms with Crippen molar-refractivity contribution in [2.45, 2.75) is 0 Å². The molecule has 0 aliphatic carbocycles. The number of para-hydroxylation sites is 1. The third-order valence-electron chi connectivity index (χ3n) is 7.31. The van der Waals surface area contributed by atoms with Crippen LogP contribution in [-0.4, -0.2) is 4.98 Å². The standard InChI is InChI=1S/C36H22N2/c1-37-31-18-15-26(16-19-31)35-32-9-3-2-6-25(32)17-20-33(35)28-13-11-24-12-14-29(23-30(24)22-28)34-10-4-7-27-8-5-21-38-36(27)34/h2-23H. The Kier molecular flexibility index (Phi) is 5.20. The van der Waals surface area contributed by atoms with Crippen LogP contribution in [-0.2, 0) is 0 Å². The molecule has 0 radical (unpaired) electrons. The molecule has 0 aliphatic rings. The van der Waals surface area contributed by atoms with Gasteiger partial charge in [0.25, 0.3) is 0 Å². The van der Waals surface area contributed by atoms with Gasteiger partial charge in [0, 0.05) is 17.1 Å². The maximum Gasteiger partial charge on any atom is 0.187 e. The van der Waals surface area contributed by atoms with Crippen LogP contribution in [0.2, 0.25) is 0 Å². The molecular weight excluding hydrogens is 460 g/mol. The van der Waals surface area contributed by atoms with Gasteiger partial charge in [-0.25, -0.2) is 4.85 Å². The van der Waals surface area contributed by atoms with E-state index in [0.717, 1.165) is 27.6 Å². The average Bonchev–Trinajstić information content (AvgIpc) is 2.99. The molecule has 0 unspecified atom stereocenters. The predicted octanol–water partition coefficient (Wildman–Crippen LogP) is 10.1. The molecule has 7 rings (SSSR count). The lowest BCUT2D eigenvalue weighted by atomic mass is 9.88. The molecular formula is C36H22N2. The summed E-state index contributed by atoms with van der Waals surface area (Å²) in [5.41, 5.74) is 8.61. The van der Waals surface area contributed by atoms with Gasteiger partial charge in [0.1, 0.15) is 0 Å². The Bertz CT molecular complexity index is 2020. The van der Waals surface area contributed by atoms with Crippen molar-refractivity contribution in [1.29, 1.82) is 0 Å². The van der Waals surface area contributed by atoms with Crippen molar-refractivity contribution in [3.05, 3.63) is 145 Å². The van der Waals surface area contributed by atoms with Crippen LogP contribution >= 0.6 is 0 Å². The van der Waals surface area contributed by atoms with Crippen LogP contribution in [0.4, 0.5) is 5.69 Å². The monoisotopic (exact) mass is 482 g/mol. The Morgan fingerprint density at radius 1 is 0.500 bits per heavy atom. The molecule has 0 amide bonds. The molecule has 1 heterocycles. The van der Waals surface area contributed by atoms with Crippen molar-refractivity contribution in [2.75, 3.05) is 0 Å². The molecule has 0 aliphatic heterocycles. The van der Waals surface area contributed by atoms with E-state index in [-0.39, 0.29) is 0 Å². The second kappa shape index (κ2) is 9.00. The number of nitrogens with zero attached hydrogens (tertiary/aromatic N) is 2. The van der Waals surface area contributed by atoms with Gasteiger partial charge in [-0.1, -0.05) is 109 Å². The van der Waals surface area contributed by atoms with Crippen molar-refractivity contribution in [2.24, 2.45) is 0 Å². The zero-order valence-electron chi connectivity index (χ0n) is 20.6. The Balaban J connectivity index is 1.43. The Morgan fingerprint density at radius 2 is 1.18 bits per heavy atom. The summed E-state index contributed by atoms with van der Waals surface area (Å²) in [7, 11) is 0. The van der Waals surface area contributed by atoms with Gasteiger partial charge in [0.05, 0.1) is 12.1 Å². The Hall–Kier alpha value is -5.26. The molecule has 0 N–H and O–H groups in total. The molecule has 1 aromatic heterocycles. The van der Waals surface area contributed by atoms with Gasteiger partial charge in [-0.2, -0.15) is 0 Å². The first-order valence-electron chi connectivity index (χ1n) is 12.7. The molecule has 7 aromatic rings. The minimum absolute atomic E-state index is 0.650. The minimum Gasteiger partial charge on any atom is -0.256 e. The van der Waals surface area contributed by atoms with E-state index in [4.69, 9.17) is 6.57 Å². The maximum absolute atomic E-state index is 7.35. The Morgan fingerprint density at radius 3 is 2.00 bits per heavy atom. The van der Waals surface area contributed by atoms with Gasteiger partial charge in [0.15, 0.2) is 5.69 Å². The first kappa shape index (κ1) is 22.0. The SMILES string of the molecule is [C-]#[N+]c1ccc(-c2c(-c3ccc4ccc(-c5cccc6cccnc56)cc4c3)ccc3ccccc23)cc1. The van der Waals surface area contributed by atoms with Crippen molar-refractivity contribution in [3.8, 4) is 33.4 Å². The lowest BCUT2D eigenvalue weighted by Gasteiger charge is -2.15. The van der Waals surface area contributed by atoms with Gasteiger partial charge in [0.2, 0.25) is 0 Å². The van der Waals surface area contributed by atoms with Gasteiger partial charge >= 0.3 is 0 Å². The van der Waals surface area contributed by atoms with Gasteiger partial charge < -0.3 is 0 Å². The molecule has 38 heavy (non-hydrogen) atoms. The van der Waals surface area contributed by atoms with Crippen LogP contribution in [0.15, 0.2) is 134 Å². The molecule has 176 valence electrons. The van der Waals surface area contributed by atoms with Crippen LogP contribution < -0.4 is 0 Å². The first-order chi connectivity index (χ1) is 18.8. The second-order valence-electron chi connectivity index (χ2n) is 9.53. The number of hydrogen-bond acceptors (Lipinski definition) is 1. The summed E-state index contributed by atoms with van der Waals surface area (Å²) in [5.74, 6) is 0. The molecule has 0 atom stereocenters. The third-order valence-corrected chi connectivity index (χ3v) is 7.31. The summed E-state index contributed by atoms with van der Waals surface area (Å²) in [6.07, 6.45) is 1.86. The molecule has 0 saturated heterocycles. The van der Waals surface area contributed by atoms with Gasteiger partial charge in [-0.3, -0.25) is 4.98 Å². The number of pyridine rings is 1. The zero-order valence-corrected chi connectivity index (χ0v) is 20.6. The molecule has 6 aromatic carbocycles. The van der Waals surface area contributed by atoms with E-state index < -0.39 is 0 Å². The molecule has 2 nitrogen and oxygen atoms in total. The first-order valence-corrected chi connectivity index (χ1v) is 12.7. The molecule has 2 heteroatoms. The highest BCUT2D eigenvalue weighted by atomic mass is 14.6. The minimum atomic E-state index is 0.650. The van der Waals surface area contributed by atoms with Crippen molar-refractivity contribution >= 4 is 38.1 Å². The number of fused-ring (bicyclic) bond motifs is 3. The zero-order chi connectivity index (χ0) is 25.5. The fourth-order valence-corrected chi connectivity index (χ4v) is 5.44. The van der Waals surface area contributed by atoms with E-state index >= 15 is 0 Å². The third kappa shape index (κ3) is 3.70. The van der Waals surface area contributed by atoms with Crippen LogP contribution in [0.5, 0.6) is 0 Å². The normalized spacial score (nSPS) is 11.1. The van der Waals surface area contributed by atoms with Gasteiger partial charge in [-0.15, -0.1) is 0 Å². The highest BCUT2D eigenvalue weighted by Gasteiger charge is 2.13. The van der Waals surface area contributed by atoms with E-state index in [9.17, 15) is 0 Å². The van der Waals surface area contributed by atoms with Crippen LogP contribution in [0.3, 0.4) is 0 Å². The van der Waals surface area contributed by atoms with E-state index in [0.29, 0.717) is 5.69 Å². The van der Waals surface area contributed by atoms with Crippen LogP contribution in [0.25, 0.3) is 70.7 Å². The lowest BCUT2D eigenvalue weighted by molar-refractivity contribution is 1.41. The number of hydrogen-bond donors (Lipinski definition) is 0. The summed E-state index contributed by atoms with van der Waals surface area (Å²) in [4.78, 5) is 8.25. The number of benzene rings is 6. The van der Waals surface area contributed by atoms with E-state index in [1.54, 1.807) is 0 Å². The van der Waals surface area contributed by atoms with Crippen LogP contribution in [0, 0.1) is 6.57 Å². The summed E-state index contributed by atoms with van der Waals surface area (Å²) in [6.45, 7) is 7.35. The van der Waals surface area contributed by atoms with E-state index in [1.807, 2.05) is 24.4 Å². The smallest absolute Gasteiger partial charge is 0.187 e. The van der Waals surface area contributed by atoms with E-state index in [2.05, 4.69) is 119 Å². The fraction of sp³-hybridized carbons (Fsp3) is 0.